The van der Waals surface area contributed by atoms with Gasteiger partial charge in [0.25, 0.3) is 5.56 Å². The van der Waals surface area contributed by atoms with E-state index in [-0.39, 0.29) is 5.56 Å². The minimum Gasteiger partial charge on any atom is -0.367 e. The third kappa shape index (κ3) is 4.04. The fourth-order valence-electron chi connectivity index (χ4n) is 3.70. The lowest BCUT2D eigenvalue weighted by Crippen LogP contribution is -2.30. The average Bonchev–Trinajstić information content (AvgIpc) is 2.72. The summed E-state index contributed by atoms with van der Waals surface area (Å²) < 4.78 is 0. The van der Waals surface area contributed by atoms with Crippen LogP contribution in [0.4, 0.5) is 0 Å². The molecule has 2 aromatic heterocycles. The number of aromatic nitrogens is 3. The monoisotopic (exact) mass is 384 g/mol. The van der Waals surface area contributed by atoms with Crippen LogP contribution in [0.2, 0.25) is 0 Å². The number of allylic oxidation sites excluding steroid dienone is 1. The SMILES string of the molecule is C=C(/C(C)=C\c1nccc(=O)[nH]1)N1CCc2ncc(-c3ccccc3C)cc2C1. The van der Waals surface area contributed by atoms with E-state index >= 15 is 0 Å². The molecule has 0 bridgehead atoms. The van der Waals surface area contributed by atoms with Crippen molar-refractivity contribution in [2.75, 3.05) is 6.54 Å². The minimum absolute atomic E-state index is 0.161. The maximum atomic E-state index is 11.5. The fourth-order valence-corrected chi connectivity index (χ4v) is 3.70. The molecule has 1 N–H and O–H groups in total. The van der Waals surface area contributed by atoms with Gasteiger partial charge < -0.3 is 9.88 Å². The van der Waals surface area contributed by atoms with Gasteiger partial charge >= 0.3 is 0 Å². The van der Waals surface area contributed by atoms with E-state index in [1.54, 1.807) is 0 Å². The Kier molecular flexibility index (Phi) is 5.12. The third-order valence-corrected chi connectivity index (χ3v) is 5.38. The molecule has 3 aromatic rings. The van der Waals surface area contributed by atoms with Crippen LogP contribution in [0.25, 0.3) is 17.2 Å². The summed E-state index contributed by atoms with van der Waals surface area (Å²) in [5.41, 5.74) is 7.75. The van der Waals surface area contributed by atoms with Crippen LogP contribution >= 0.6 is 0 Å². The molecule has 1 aliphatic rings. The second-order valence-electron chi connectivity index (χ2n) is 7.41. The molecule has 0 fully saturated rings. The van der Waals surface area contributed by atoms with Crippen LogP contribution < -0.4 is 5.56 Å². The molecule has 0 radical (unpaired) electrons. The summed E-state index contributed by atoms with van der Waals surface area (Å²) in [7, 11) is 0. The molecule has 5 nitrogen and oxygen atoms in total. The van der Waals surface area contributed by atoms with Gasteiger partial charge in [-0.05, 0) is 48.3 Å². The molecule has 29 heavy (non-hydrogen) atoms. The number of H-pyrrole nitrogens is 1. The van der Waals surface area contributed by atoms with Crippen LogP contribution in [0, 0.1) is 6.92 Å². The van der Waals surface area contributed by atoms with Gasteiger partial charge in [0, 0.05) is 54.9 Å². The highest BCUT2D eigenvalue weighted by Crippen LogP contribution is 2.29. The second kappa shape index (κ2) is 7.87. The molecule has 0 unspecified atom stereocenters. The Morgan fingerprint density at radius 1 is 1.24 bits per heavy atom. The Hall–Kier alpha value is -3.47. The Labute approximate surface area is 170 Å². The van der Waals surface area contributed by atoms with Crippen molar-refractivity contribution in [1.29, 1.82) is 0 Å². The van der Waals surface area contributed by atoms with Crippen molar-refractivity contribution in [3.63, 3.8) is 0 Å². The number of hydrogen-bond donors (Lipinski definition) is 1. The maximum absolute atomic E-state index is 11.5. The normalized spacial score (nSPS) is 13.9. The number of benzene rings is 1. The van der Waals surface area contributed by atoms with Gasteiger partial charge in [-0.15, -0.1) is 0 Å². The summed E-state index contributed by atoms with van der Waals surface area (Å²) in [5, 5.41) is 0. The molecule has 0 aliphatic carbocycles. The van der Waals surface area contributed by atoms with Crippen molar-refractivity contribution >= 4 is 6.08 Å². The van der Waals surface area contributed by atoms with Crippen molar-refractivity contribution in [2.24, 2.45) is 0 Å². The topological polar surface area (TPSA) is 61.9 Å². The second-order valence-corrected chi connectivity index (χ2v) is 7.41. The van der Waals surface area contributed by atoms with Crippen LogP contribution in [0.15, 0.2) is 71.4 Å². The highest BCUT2D eigenvalue weighted by Gasteiger charge is 2.20. The first-order valence-corrected chi connectivity index (χ1v) is 9.73. The van der Waals surface area contributed by atoms with Crippen molar-refractivity contribution in [3.05, 3.63) is 99.6 Å². The lowest BCUT2D eigenvalue weighted by molar-refractivity contribution is 0.326. The summed E-state index contributed by atoms with van der Waals surface area (Å²) >= 11 is 0. The van der Waals surface area contributed by atoms with Crippen molar-refractivity contribution < 1.29 is 0 Å². The first-order chi connectivity index (χ1) is 14.0. The number of aryl methyl sites for hydroxylation is 1. The van der Waals surface area contributed by atoms with Crippen molar-refractivity contribution in [2.45, 2.75) is 26.8 Å². The molecule has 146 valence electrons. The van der Waals surface area contributed by atoms with Gasteiger partial charge in [-0.25, -0.2) is 4.98 Å². The first kappa shape index (κ1) is 18.9. The van der Waals surface area contributed by atoms with E-state index < -0.39 is 0 Å². The highest BCUT2D eigenvalue weighted by atomic mass is 16.1. The Bertz CT molecular complexity index is 1160. The predicted molar refractivity (Wildman–Crippen MR) is 116 cm³/mol. The van der Waals surface area contributed by atoms with Crippen LogP contribution in [-0.4, -0.2) is 26.4 Å². The standard InChI is InChI=1S/C24H24N4O/c1-16-6-4-5-7-21(16)19-13-20-15-28(11-9-22(20)26-14-19)18(3)17(2)12-23-25-10-8-24(29)27-23/h4-8,10,12-14H,3,9,11,15H2,1-2H3,(H,25,27,29)/b17-12-. The van der Waals surface area contributed by atoms with Gasteiger partial charge in [0.2, 0.25) is 0 Å². The number of nitrogens with one attached hydrogen (secondary N) is 1. The Morgan fingerprint density at radius 3 is 2.86 bits per heavy atom. The molecule has 4 rings (SSSR count). The number of rotatable bonds is 4. The zero-order valence-electron chi connectivity index (χ0n) is 16.8. The summed E-state index contributed by atoms with van der Waals surface area (Å²) in [4.78, 5) is 25.4. The fraction of sp³-hybridized carbons (Fsp3) is 0.208. The molecule has 3 heterocycles. The molecule has 0 spiro atoms. The first-order valence-electron chi connectivity index (χ1n) is 9.73. The van der Waals surface area contributed by atoms with E-state index in [2.05, 4.69) is 58.7 Å². The largest absolute Gasteiger partial charge is 0.367 e. The number of nitrogens with zero attached hydrogens (tertiary/aromatic N) is 3. The van der Waals surface area contributed by atoms with Crippen LogP contribution in [0.3, 0.4) is 0 Å². The van der Waals surface area contributed by atoms with E-state index in [4.69, 9.17) is 4.98 Å². The third-order valence-electron chi connectivity index (χ3n) is 5.38. The highest BCUT2D eigenvalue weighted by molar-refractivity contribution is 5.67. The molecule has 0 saturated heterocycles. The summed E-state index contributed by atoms with van der Waals surface area (Å²) in [6.07, 6.45) is 6.24. The van der Waals surface area contributed by atoms with E-state index in [0.717, 1.165) is 42.0 Å². The van der Waals surface area contributed by atoms with Gasteiger partial charge in [0.1, 0.15) is 5.82 Å². The van der Waals surface area contributed by atoms with E-state index in [0.29, 0.717) is 5.82 Å². The van der Waals surface area contributed by atoms with Gasteiger partial charge in [-0.2, -0.15) is 0 Å². The van der Waals surface area contributed by atoms with Gasteiger partial charge in [-0.3, -0.25) is 9.78 Å². The maximum Gasteiger partial charge on any atom is 0.251 e. The number of aromatic amines is 1. The van der Waals surface area contributed by atoms with Gasteiger partial charge in [-0.1, -0.05) is 30.8 Å². The Morgan fingerprint density at radius 2 is 2.07 bits per heavy atom. The number of hydrogen-bond acceptors (Lipinski definition) is 4. The molecule has 0 amide bonds. The van der Waals surface area contributed by atoms with Gasteiger partial charge in [0.15, 0.2) is 0 Å². The van der Waals surface area contributed by atoms with Crippen LogP contribution in [0.5, 0.6) is 0 Å². The molecular formula is C24H24N4O. The average molecular weight is 384 g/mol. The summed E-state index contributed by atoms with van der Waals surface area (Å²) in [6.45, 7) is 10.0. The number of fused-ring (bicyclic) bond motifs is 1. The van der Waals surface area contributed by atoms with Crippen LogP contribution in [0.1, 0.15) is 29.6 Å². The molecule has 1 aliphatic heterocycles. The molecule has 5 heteroatoms. The lowest BCUT2D eigenvalue weighted by atomic mass is 9.97. The zero-order valence-corrected chi connectivity index (χ0v) is 16.8. The van der Waals surface area contributed by atoms with Crippen molar-refractivity contribution in [3.8, 4) is 11.1 Å². The van der Waals surface area contributed by atoms with Crippen LogP contribution in [-0.2, 0) is 13.0 Å². The molecule has 0 saturated carbocycles. The molecule has 1 aromatic carbocycles. The lowest BCUT2D eigenvalue weighted by Gasteiger charge is -2.32. The smallest absolute Gasteiger partial charge is 0.251 e. The molecular weight excluding hydrogens is 360 g/mol. The van der Waals surface area contributed by atoms with E-state index in [9.17, 15) is 4.79 Å². The quantitative estimate of drug-likeness (QED) is 0.688. The van der Waals surface area contributed by atoms with Gasteiger partial charge in [0.05, 0.1) is 0 Å². The zero-order chi connectivity index (χ0) is 20.4. The predicted octanol–water partition coefficient (Wildman–Crippen LogP) is 4.12. The van der Waals surface area contributed by atoms with E-state index in [1.807, 2.05) is 19.2 Å². The van der Waals surface area contributed by atoms with E-state index in [1.165, 1.54) is 29.0 Å². The minimum atomic E-state index is -0.161. The summed E-state index contributed by atoms with van der Waals surface area (Å²) in [5.74, 6) is 0.539. The van der Waals surface area contributed by atoms with Crippen molar-refractivity contribution in [1.82, 2.24) is 19.9 Å². The summed E-state index contributed by atoms with van der Waals surface area (Å²) in [6, 6.07) is 12.0. The number of pyridine rings is 1. The molecule has 0 atom stereocenters. The Balaban J connectivity index is 1.57.